The van der Waals surface area contributed by atoms with Crippen molar-refractivity contribution in [1.29, 1.82) is 0 Å². The first-order chi connectivity index (χ1) is 8.54. The predicted octanol–water partition coefficient (Wildman–Crippen LogP) is 2.86. The van der Waals surface area contributed by atoms with Crippen LogP contribution in [-0.2, 0) is 11.2 Å². The Balaban J connectivity index is 2.46. The lowest BCUT2D eigenvalue weighted by molar-refractivity contribution is -0.121. The van der Waals surface area contributed by atoms with Crippen LogP contribution < -0.4 is 5.32 Å². The minimum absolute atomic E-state index is 0.104. The molecule has 0 spiro atoms. The van der Waals surface area contributed by atoms with E-state index in [1.54, 1.807) is 0 Å². The van der Waals surface area contributed by atoms with Crippen molar-refractivity contribution in [3.05, 3.63) is 28.8 Å². The highest BCUT2D eigenvalue weighted by molar-refractivity contribution is 5.76. The summed E-state index contributed by atoms with van der Waals surface area (Å²) in [7, 11) is 0. The Bertz CT molecular complexity index is 390. The number of phenolic OH excluding ortho intramolecular Hbond substituents is 1. The lowest BCUT2D eigenvalue weighted by Gasteiger charge is -2.08. The van der Waals surface area contributed by atoms with Gasteiger partial charge in [-0.15, -0.1) is 0 Å². The Kier molecular flexibility index (Phi) is 5.69. The van der Waals surface area contributed by atoms with Gasteiger partial charge in [0.25, 0.3) is 0 Å². The smallest absolute Gasteiger partial charge is 0.220 e. The topological polar surface area (TPSA) is 49.3 Å². The molecule has 0 saturated carbocycles. The Morgan fingerprint density at radius 2 is 1.89 bits per heavy atom. The molecule has 0 aliphatic heterocycles. The Hall–Kier alpha value is -1.51. The third-order valence-corrected chi connectivity index (χ3v) is 3.04. The van der Waals surface area contributed by atoms with Crippen molar-refractivity contribution in [2.24, 2.45) is 0 Å². The van der Waals surface area contributed by atoms with Crippen LogP contribution in [0, 0.1) is 13.8 Å². The van der Waals surface area contributed by atoms with Crippen molar-refractivity contribution in [1.82, 2.24) is 5.32 Å². The Morgan fingerprint density at radius 1 is 1.28 bits per heavy atom. The zero-order valence-electron chi connectivity index (χ0n) is 11.5. The van der Waals surface area contributed by atoms with Crippen molar-refractivity contribution >= 4 is 5.91 Å². The maximum absolute atomic E-state index is 11.6. The van der Waals surface area contributed by atoms with Gasteiger partial charge in [0.05, 0.1) is 0 Å². The first-order valence-corrected chi connectivity index (χ1v) is 6.60. The fraction of sp³-hybridized carbons (Fsp3) is 0.533. The van der Waals surface area contributed by atoms with Crippen LogP contribution in [0.1, 0.15) is 42.9 Å². The summed E-state index contributed by atoms with van der Waals surface area (Å²) in [6.45, 7) is 6.64. The summed E-state index contributed by atoms with van der Waals surface area (Å²) in [4.78, 5) is 11.6. The number of aromatic hydroxyl groups is 1. The van der Waals surface area contributed by atoms with Gasteiger partial charge in [-0.2, -0.15) is 0 Å². The van der Waals surface area contributed by atoms with E-state index in [0.29, 0.717) is 12.2 Å². The van der Waals surface area contributed by atoms with Crippen LogP contribution in [-0.4, -0.2) is 17.6 Å². The molecular weight excluding hydrogens is 226 g/mol. The van der Waals surface area contributed by atoms with E-state index in [1.807, 2.05) is 26.0 Å². The van der Waals surface area contributed by atoms with Crippen LogP contribution in [0.3, 0.4) is 0 Å². The zero-order chi connectivity index (χ0) is 13.5. The number of carbonyl (C=O) groups is 1. The van der Waals surface area contributed by atoms with Crippen LogP contribution in [0.4, 0.5) is 0 Å². The van der Waals surface area contributed by atoms with Gasteiger partial charge >= 0.3 is 0 Å². The second kappa shape index (κ2) is 7.04. The van der Waals surface area contributed by atoms with Crippen LogP contribution >= 0.6 is 0 Å². The fourth-order valence-electron chi connectivity index (χ4n) is 1.94. The number of carbonyl (C=O) groups excluding carboxylic acids is 1. The SMILES string of the molecule is CCCCNC(=O)CCc1cc(C)c(O)c(C)c1. The molecule has 18 heavy (non-hydrogen) atoms. The van der Waals surface area contributed by atoms with E-state index in [1.165, 1.54) is 0 Å². The van der Waals surface area contributed by atoms with Gasteiger partial charge in [0, 0.05) is 13.0 Å². The number of aryl methyl sites for hydroxylation is 3. The quantitative estimate of drug-likeness (QED) is 0.762. The third kappa shape index (κ3) is 4.40. The van der Waals surface area contributed by atoms with Crippen LogP contribution in [0.25, 0.3) is 0 Å². The zero-order valence-corrected chi connectivity index (χ0v) is 11.5. The normalized spacial score (nSPS) is 10.4. The van der Waals surface area contributed by atoms with Gasteiger partial charge in [0.15, 0.2) is 0 Å². The molecule has 1 aromatic rings. The molecule has 100 valence electrons. The molecule has 0 unspecified atom stereocenters. The molecule has 0 heterocycles. The van der Waals surface area contributed by atoms with Gasteiger partial charge < -0.3 is 10.4 Å². The van der Waals surface area contributed by atoms with E-state index < -0.39 is 0 Å². The van der Waals surface area contributed by atoms with Gasteiger partial charge in [-0.1, -0.05) is 25.5 Å². The first-order valence-electron chi connectivity index (χ1n) is 6.60. The number of amides is 1. The largest absolute Gasteiger partial charge is 0.507 e. The van der Waals surface area contributed by atoms with Crippen LogP contribution in [0.5, 0.6) is 5.75 Å². The number of benzene rings is 1. The number of nitrogens with one attached hydrogen (secondary N) is 1. The van der Waals surface area contributed by atoms with E-state index in [4.69, 9.17) is 0 Å². The van der Waals surface area contributed by atoms with E-state index >= 15 is 0 Å². The van der Waals surface area contributed by atoms with E-state index in [9.17, 15) is 9.90 Å². The predicted molar refractivity (Wildman–Crippen MR) is 73.8 cm³/mol. The molecular formula is C15H23NO2. The maximum Gasteiger partial charge on any atom is 0.220 e. The van der Waals surface area contributed by atoms with E-state index in [0.717, 1.165) is 42.5 Å². The van der Waals surface area contributed by atoms with Gasteiger partial charge in [-0.3, -0.25) is 4.79 Å². The highest BCUT2D eigenvalue weighted by atomic mass is 16.3. The van der Waals surface area contributed by atoms with Crippen molar-refractivity contribution in [3.63, 3.8) is 0 Å². The summed E-state index contributed by atoms with van der Waals surface area (Å²) < 4.78 is 0. The molecule has 0 bridgehead atoms. The Morgan fingerprint density at radius 3 is 2.44 bits per heavy atom. The standard InChI is InChI=1S/C15H23NO2/c1-4-5-8-16-14(17)7-6-13-9-11(2)15(18)12(3)10-13/h9-10,18H,4-8H2,1-3H3,(H,16,17). The number of phenols is 1. The van der Waals surface area contributed by atoms with Crippen LogP contribution in [0.2, 0.25) is 0 Å². The molecule has 0 radical (unpaired) electrons. The van der Waals surface area contributed by atoms with Gasteiger partial charge in [-0.25, -0.2) is 0 Å². The molecule has 2 N–H and O–H groups in total. The number of rotatable bonds is 6. The molecule has 1 rings (SSSR count). The van der Waals surface area contributed by atoms with Crippen molar-refractivity contribution in [2.75, 3.05) is 6.54 Å². The molecule has 1 amide bonds. The minimum Gasteiger partial charge on any atom is -0.507 e. The number of hydrogen-bond donors (Lipinski definition) is 2. The average molecular weight is 249 g/mol. The average Bonchev–Trinajstić information content (AvgIpc) is 2.33. The molecule has 0 aliphatic rings. The highest BCUT2D eigenvalue weighted by Crippen LogP contribution is 2.23. The third-order valence-electron chi connectivity index (χ3n) is 3.04. The molecule has 0 aliphatic carbocycles. The van der Waals surface area contributed by atoms with Crippen molar-refractivity contribution in [3.8, 4) is 5.75 Å². The molecule has 0 aromatic heterocycles. The summed E-state index contributed by atoms with van der Waals surface area (Å²) in [6.07, 6.45) is 3.35. The van der Waals surface area contributed by atoms with Gasteiger partial charge in [0.1, 0.15) is 5.75 Å². The summed E-state index contributed by atoms with van der Waals surface area (Å²) in [6, 6.07) is 3.89. The molecule has 0 atom stereocenters. The summed E-state index contributed by atoms with van der Waals surface area (Å²) >= 11 is 0. The van der Waals surface area contributed by atoms with Crippen LogP contribution in [0.15, 0.2) is 12.1 Å². The summed E-state index contributed by atoms with van der Waals surface area (Å²) in [5.74, 6) is 0.456. The van der Waals surface area contributed by atoms with Crippen molar-refractivity contribution < 1.29 is 9.90 Å². The van der Waals surface area contributed by atoms with E-state index in [-0.39, 0.29) is 5.91 Å². The van der Waals surface area contributed by atoms with Crippen molar-refractivity contribution in [2.45, 2.75) is 46.5 Å². The second-order valence-electron chi connectivity index (χ2n) is 4.78. The summed E-state index contributed by atoms with van der Waals surface area (Å²) in [5.41, 5.74) is 2.85. The minimum atomic E-state index is 0.104. The lowest BCUT2D eigenvalue weighted by atomic mass is 10.0. The molecule has 0 saturated heterocycles. The fourth-order valence-corrected chi connectivity index (χ4v) is 1.94. The lowest BCUT2D eigenvalue weighted by Crippen LogP contribution is -2.24. The molecule has 0 fully saturated rings. The maximum atomic E-state index is 11.6. The highest BCUT2D eigenvalue weighted by Gasteiger charge is 2.06. The molecule has 3 nitrogen and oxygen atoms in total. The second-order valence-corrected chi connectivity index (χ2v) is 4.78. The first kappa shape index (κ1) is 14.6. The van der Waals surface area contributed by atoms with Gasteiger partial charge in [0.2, 0.25) is 5.91 Å². The Labute approximate surface area is 109 Å². The molecule has 3 heteroatoms. The van der Waals surface area contributed by atoms with Gasteiger partial charge in [-0.05, 0) is 43.4 Å². The number of hydrogen-bond acceptors (Lipinski definition) is 2. The monoisotopic (exact) mass is 249 g/mol. The van der Waals surface area contributed by atoms with E-state index in [2.05, 4.69) is 12.2 Å². The summed E-state index contributed by atoms with van der Waals surface area (Å²) in [5, 5.41) is 12.6. The number of unbranched alkanes of at least 4 members (excludes halogenated alkanes) is 1. The molecule has 1 aromatic carbocycles.